The molecule has 1 unspecified atom stereocenters. The zero-order valence-electron chi connectivity index (χ0n) is 16.3. The number of carbonyl (C=O) groups excluding carboxylic acids is 1. The minimum absolute atomic E-state index is 0.110. The normalized spacial score (nSPS) is 12.3. The maximum absolute atomic E-state index is 11.9. The summed E-state index contributed by atoms with van der Waals surface area (Å²) in [6.45, 7) is 6.17. The van der Waals surface area contributed by atoms with Gasteiger partial charge in [0.05, 0.1) is 6.61 Å². The van der Waals surface area contributed by atoms with Gasteiger partial charge >= 0.3 is 5.97 Å². The van der Waals surface area contributed by atoms with Gasteiger partial charge in [0, 0.05) is 0 Å². The first-order valence-corrected chi connectivity index (χ1v) is 10.4. The van der Waals surface area contributed by atoms with Gasteiger partial charge in [0.1, 0.15) is 6.04 Å². The summed E-state index contributed by atoms with van der Waals surface area (Å²) in [5.41, 5.74) is 5.53. The molecule has 0 saturated heterocycles. The molecule has 0 heterocycles. The fourth-order valence-electron chi connectivity index (χ4n) is 2.93. The molecule has 0 aliphatic rings. The van der Waals surface area contributed by atoms with Gasteiger partial charge in [-0.05, 0) is 39.3 Å². The van der Waals surface area contributed by atoms with Gasteiger partial charge in [0.25, 0.3) is 0 Å². The number of unbranched alkanes of at least 4 members (excludes halogenated alkanes) is 10. The van der Waals surface area contributed by atoms with Crippen LogP contribution in [0.2, 0.25) is 0 Å². The summed E-state index contributed by atoms with van der Waals surface area (Å²) in [5, 5.41) is 3.37. The van der Waals surface area contributed by atoms with E-state index in [1.54, 1.807) is 0 Å². The van der Waals surface area contributed by atoms with E-state index >= 15 is 0 Å². The summed E-state index contributed by atoms with van der Waals surface area (Å²) in [6.07, 6.45) is 16.1. The van der Waals surface area contributed by atoms with Crippen LogP contribution in [0.25, 0.3) is 0 Å². The number of rotatable bonds is 18. The van der Waals surface area contributed by atoms with Crippen molar-refractivity contribution in [2.24, 2.45) is 5.73 Å². The van der Waals surface area contributed by atoms with Gasteiger partial charge in [-0.1, -0.05) is 71.1 Å². The molecule has 24 heavy (non-hydrogen) atoms. The van der Waals surface area contributed by atoms with Gasteiger partial charge in [-0.3, -0.25) is 4.79 Å². The van der Waals surface area contributed by atoms with E-state index in [0.717, 1.165) is 32.2 Å². The molecule has 0 aromatic heterocycles. The van der Waals surface area contributed by atoms with E-state index in [1.165, 1.54) is 57.8 Å². The molecule has 0 aromatic rings. The molecule has 0 aliphatic carbocycles. The summed E-state index contributed by atoms with van der Waals surface area (Å²) in [5.74, 6) is -0.110. The molecule has 0 bridgehead atoms. The summed E-state index contributed by atoms with van der Waals surface area (Å²) in [7, 11) is 0. The van der Waals surface area contributed by atoms with Crippen molar-refractivity contribution in [3.63, 3.8) is 0 Å². The summed E-state index contributed by atoms with van der Waals surface area (Å²) < 4.78 is 5.15. The van der Waals surface area contributed by atoms with Crippen LogP contribution in [0.5, 0.6) is 0 Å². The number of hydrogen-bond donors (Lipinski definition) is 2. The van der Waals surface area contributed by atoms with Crippen LogP contribution in [0.4, 0.5) is 0 Å². The zero-order valence-corrected chi connectivity index (χ0v) is 16.3. The largest absolute Gasteiger partial charge is 0.465 e. The molecule has 0 aromatic carbocycles. The lowest BCUT2D eigenvalue weighted by Crippen LogP contribution is -2.38. The monoisotopic (exact) mass is 342 g/mol. The second kappa shape index (κ2) is 18.7. The number of carbonyl (C=O) groups is 1. The third kappa shape index (κ3) is 14.9. The van der Waals surface area contributed by atoms with E-state index in [2.05, 4.69) is 12.2 Å². The molecular weight excluding hydrogens is 300 g/mol. The summed E-state index contributed by atoms with van der Waals surface area (Å²) in [6, 6.07) is -0.157. The van der Waals surface area contributed by atoms with Gasteiger partial charge in [-0.15, -0.1) is 0 Å². The SMILES string of the molecule is CCCCCCCCCCCCNC(CCCCN)C(=O)OCC. The van der Waals surface area contributed by atoms with E-state index in [1.807, 2.05) is 6.92 Å². The van der Waals surface area contributed by atoms with Crippen LogP contribution in [0.1, 0.15) is 97.3 Å². The average Bonchev–Trinajstić information content (AvgIpc) is 2.58. The van der Waals surface area contributed by atoms with Crippen LogP contribution in [0.15, 0.2) is 0 Å². The first-order chi connectivity index (χ1) is 11.8. The molecule has 0 spiro atoms. The smallest absolute Gasteiger partial charge is 0.323 e. The van der Waals surface area contributed by atoms with E-state index in [9.17, 15) is 4.79 Å². The summed E-state index contributed by atoms with van der Waals surface area (Å²) >= 11 is 0. The molecule has 144 valence electrons. The Morgan fingerprint density at radius 3 is 2.00 bits per heavy atom. The van der Waals surface area contributed by atoms with Crippen molar-refractivity contribution in [3.8, 4) is 0 Å². The third-order valence-corrected chi connectivity index (χ3v) is 4.44. The Morgan fingerprint density at radius 2 is 1.46 bits per heavy atom. The van der Waals surface area contributed by atoms with Crippen molar-refractivity contribution in [1.82, 2.24) is 5.32 Å². The maximum Gasteiger partial charge on any atom is 0.323 e. The predicted molar refractivity (Wildman–Crippen MR) is 103 cm³/mol. The molecule has 0 radical (unpaired) electrons. The highest BCUT2D eigenvalue weighted by Crippen LogP contribution is 2.10. The molecule has 0 amide bonds. The number of ether oxygens (including phenoxy) is 1. The Balaban J connectivity index is 3.59. The van der Waals surface area contributed by atoms with Crippen molar-refractivity contribution in [2.45, 2.75) is 103 Å². The van der Waals surface area contributed by atoms with Crippen molar-refractivity contribution in [1.29, 1.82) is 0 Å². The van der Waals surface area contributed by atoms with Crippen molar-refractivity contribution in [3.05, 3.63) is 0 Å². The highest BCUT2D eigenvalue weighted by atomic mass is 16.5. The standard InChI is InChI=1S/C20H42N2O2/c1-3-5-6-7-8-9-10-11-12-15-18-22-19(16-13-14-17-21)20(23)24-4-2/h19,22H,3-18,21H2,1-2H3. The predicted octanol–water partition coefficient (Wildman–Crippen LogP) is 4.56. The zero-order chi connectivity index (χ0) is 17.9. The number of esters is 1. The Morgan fingerprint density at radius 1 is 0.875 bits per heavy atom. The number of nitrogens with one attached hydrogen (secondary N) is 1. The highest BCUT2D eigenvalue weighted by Gasteiger charge is 2.17. The van der Waals surface area contributed by atoms with Crippen molar-refractivity contribution >= 4 is 5.97 Å². The Hall–Kier alpha value is -0.610. The van der Waals surface area contributed by atoms with E-state index < -0.39 is 0 Å². The van der Waals surface area contributed by atoms with Crippen LogP contribution in [-0.2, 0) is 9.53 Å². The van der Waals surface area contributed by atoms with Crippen LogP contribution in [0.3, 0.4) is 0 Å². The molecule has 4 heteroatoms. The maximum atomic E-state index is 11.9. The Bertz CT molecular complexity index is 272. The number of nitrogens with two attached hydrogens (primary N) is 1. The fraction of sp³-hybridized carbons (Fsp3) is 0.950. The number of hydrogen-bond acceptors (Lipinski definition) is 4. The quantitative estimate of drug-likeness (QED) is 0.283. The van der Waals surface area contributed by atoms with Crippen molar-refractivity contribution < 1.29 is 9.53 Å². The molecule has 0 fully saturated rings. The van der Waals surface area contributed by atoms with Crippen LogP contribution in [0, 0.1) is 0 Å². The van der Waals surface area contributed by atoms with Gasteiger partial charge in [0.15, 0.2) is 0 Å². The van der Waals surface area contributed by atoms with Gasteiger partial charge in [0.2, 0.25) is 0 Å². The van der Waals surface area contributed by atoms with E-state index in [4.69, 9.17) is 10.5 Å². The third-order valence-electron chi connectivity index (χ3n) is 4.44. The minimum atomic E-state index is -0.157. The Labute approximate surface area is 150 Å². The first-order valence-electron chi connectivity index (χ1n) is 10.4. The lowest BCUT2D eigenvalue weighted by atomic mass is 10.1. The molecule has 0 aliphatic heterocycles. The van der Waals surface area contributed by atoms with E-state index in [-0.39, 0.29) is 12.0 Å². The second-order valence-electron chi connectivity index (χ2n) is 6.73. The second-order valence-corrected chi connectivity index (χ2v) is 6.73. The van der Waals surface area contributed by atoms with Crippen LogP contribution in [-0.4, -0.2) is 31.7 Å². The average molecular weight is 343 g/mol. The van der Waals surface area contributed by atoms with Crippen LogP contribution < -0.4 is 11.1 Å². The molecule has 1 atom stereocenters. The lowest BCUT2D eigenvalue weighted by Gasteiger charge is -2.17. The molecule has 0 rings (SSSR count). The van der Waals surface area contributed by atoms with Gasteiger partial charge < -0.3 is 15.8 Å². The van der Waals surface area contributed by atoms with Gasteiger partial charge in [-0.25, -0.2) is 0 Å². The molecule has 3 N–H and O–H groups in total. The molecule has 4 nitrogen and oxygen atoms in total. The van der Waals surface area contributed by atoms with Crippen molar-refractivity contribution in [2.75, 3.05) is 19.7 Å². The van der Waals surface area contributed by atoms with Gasteiger partial charge in [-0.2, -0.15) is 0 Å². The fourth-order valence-corrected chi connectivity index (χ4v) is 2.93. The van der Waals surface area contributed by atoms with Crippen LogP contribution >= 0.6 is 0 Å². The first kappa shape index (κ1) is 23.4. The minimum Gasteiger partial charge on any atom is -0.465 e. The molecular formula is C20H42N2O2. The molecule has 0 saturated carbocycles. The van der Waals surface area contributed by atoms with E-state index in [0.29, 0.717) is 13.2 Å². The summed E-state index contributed by atoms with van der Waals surface area (Å²) in [4.78, 5) is 11.9. The lowest BCUT2D eigenvalue weighted by molar-refractivity contribution is -0.145. The highest BCUT2D eigenvalue weighted by molar-refractivity contribution is 5.75. The Kier molecular flexibility index (Phi) is 18.2. The topological polar surface area (TPSA) is 64.3 Å².